The second-order valence-electron chi connectivity index (χ2n) is 5.93. The van der Waals surface area contributed by atoms with Crippen molar-refractivity contribution in [2.45, 2.75) is 31.8 Å². The van der Waals surface area contributed by atoms with Gasteiger partial charge in [0.15, 0.2) is 0 Å². The van der Waals surface area contributed by atoms with E-state index in [1.54, 1.807) is 0 Å². The highest BCUT2D eigenvalue weighted by Crippen LogP contribution is 2.40. The Kier molecular flexibility index (Phi) is 4.16. The summed E-state index contributed by atoms with van der Waals surface area (Å²) in [4.78, 5) is 2.66. The number of hydrogen-bond donors (Lipinski definition) is 2. The van der Waals surface area contributed by atoms with Gasteiger partial charge in [0.25, 0.3) is 0 Å². The summed E-state index contributed by atoms with van der Waals surface area (Å²) in [6, 6.07) is 9.57. The van der Waals surface area contributed by atoms with Gasteiger partial charge in [-0.3, -0.25) is 4.90 Å². The fourth-order valence-electron chi connectivity index (χ4n) is 3.03. The molecule has 1 unspecified atom stereocenters. The van der Waals surface area contributed by atoms with Gasteiger partial charge in [-0.1, -0.05) is 37.1 Å². The second kappa shape index (κ2) is 6.04. The van der Waals surface area contributed by atoms with Gasteiger partial charge in [0.05, 0.1) is 0 Å². The topological polar surface area (TPSA) is 41.3 Å². The highest BCUT2D eigenvalue weighted by atomic mass is 15.2. The Hall–Kier alpha value is -0.900. The Bertz CT molecular complexity index is 391. The molecule has 3 heteroatoms. The molecule has 1 heterocycles. The van der Waals surface area contributed by atoms with Crippen LogP contribution < -0.4 is 11.1 Å². The molecule has 1 aliphatic carbocycles. The fourth-order valence-corrected chi connectivity index (χ4v) is 3.03. The van der Waals surface area contributed by atoms with E-state index in [9.17, 15) is 0 Å². The molecule has 2 fully saturated rings. The average Bonchev–Trinajstić information content (AvgIpc) is 3.30. The number of hydrogen-bond acceptors (Lipinski definition) is 3. The first kappa shape index (κ1) is 13.1. The minimum absolute atomic E-state index is 0.612. The molecule has 0 amide bonds. The van der Waals surface area contributed by atoms with E-state index in [0.717, 1.165) is 19.0 Å². The molecular formula is C16H25N3. The highest BCUT2D eigenvalue weighted by Gasteiger charge is 2.30. The van der Waals surface area contributed by atoms with Crippen molar-refractivity contribution < 1.29 is 0 Å². The maximum absolute atomic E-state index is 5.69. The summed E-state index contributed by atoms with van der Waals surface area (Å²) < 4.78 is 0. The summed E-state index contributed by atoms with van der Waals surface area (Å²) in [6.45, 7) is 5.25. The maximum atomic E-state index is 5.69. The van der Waals surface area contributed by atoms with Crippen LogP contribution in [0.2, 0.25) is 0 Å². The van der Waals surface area contributed by atoms with E-state index in [1.807, 2.05) is 0 Å². The Morgan fingerprint density at radius 3 is 2.42 bits per heavy atom. The molecule has 0 bridgehead atoms. The van der Waals surface area contributed by atoms with E-state index >= 15 is 0 Å². The van der Waals surface area contributed by atoms with E-state index in [-0.39, 0.29) is 0 Å². The summed E-state index contributed by atoms with van der Waals surface area (Å²) in [7, 11) is 0. The van der Waals surface area contributed by atoms with Gasteiger partial charge in [0, 0.05) is 38.8 Å². The quantitative estimate of drug-likeness (QED) is 0.848. The lowest BCUT2D eigenvalue weighted by atomic mass is 9.97. The molecule has 1 aromatic carbocycles. The summed E-state index contributed by atoms with van der Waals surface area (Å²) in [5, 5.41) is 3.45. The number of nitrogens with one attached hydrogen (secondary N) is 1. The molecule has 1 aliphatic heterocycles. The zero-order valence-electron chi connectivity index (χ0n) is 11.6. The van der Waals surface area contributed by atoms with Crippen molar-refractivity contribution in [1.82, 2.24) is 10.2 Å². The maximum Gasteiger partial charge on any atom is 0.0351 e. The van der Waals surface area contributed by atoms with Crippen molar-refractivity contribution in [2.24, 2.45) is 11.7 Å². The molecule has 104 valence electrons. The largest absolute Gasteiger partial charge is 0.326 e. The van der Waals surface area contributed by atoms with Crippen LogP contribution in [-0.4, -0.2) is 31.1 Å². The zero-order chi connectivity index (χ0) is 13.1. The van der Waals surface area contributed by atoms with Gasteiger partial charge in [-0.25, -0.2) is 0 Å². The molecule has 1 aromatic rings. The predicted octanol–water partition coefficient (Wildman–Crippen LogP) is 1.89. The first-order valence-corrected chi connectivity index (χ1v) is 7.60. The van der Waals surface area contributed by atoms with E-state index in [1.165, 1.54) is 43.5 Å². The van der Waals surface area contributed by atoms with Gasteiger partial charge >= 0.3 is 0 Å². The second-order valence-corrected chi connectivity index (χ2v) is 5.93. The van der Waals surface area contributed by atoms with Crippen LogP contribution in [0, 0.1) is 5.92 Å². The smallest absolute Gasteiger partial charge is 0.0351 e. The number of piperazine rings is 1. The summed E-state index contributed by atoms with van der Waals surface area (Å²) in [5.41, 5.74) is 8.40. The molecule has 2 aliphatic rings. The van der Waals surface area contributed by atoms with E-state index in [4.69, 9.17) is 5.73 Å². The fraction of sp³-hybridized carbons (Fsp3) is 0.625. The van der Waals surface area contributed by atoms with Crippen LogP contribution in [-0.2, 0) is 6.54 Å². The first-order chi connectivity index (χ1) is 9.36. The van der Waals surface area contributed by atoms with Crippen molar-refractivity contribution >= 4 is 0 Å². The third-order valence-electron chi connectivity index (χ3n) is 4.45. The Morgan fingerprint density at radius 1 is 1.16 bits per heavy atom. The summed E-state index contributed by atoms with van der Waals surface area (Å²) in [6.07, 6.45) is 4.20. The van der Waals surface area contributed by atoms with Crippen molar-refractivity contribution in [2.75, 3.05) is 26.2 Å². The number of benzene rings is 1. The Morgan fingerprint density at radius 2 is 1.84 bits per heavy atom. The number of rotatable bonds is 5. The van der Waals surface area contributed by atoms with Crippen LogP contribution in [0.15, 0.2) is 24.3 Å². The van der Waals surface area contributed by atoms with Gasteiger partial charge < -0.3 is 11.1 Å². The van der Waals surface area contributed by atoms with Crippen LogP contribution in [0.1, 0.15) is 36.4 Å². The molecule has 3 rings (SSSR count). The molecule has 3 N–H and O–H groups in total. The van der Waals surface area contributed by atoms with Crippen molar-refractivity contribution in [3.8, 4) is 0 Å². The third kappa shape index (κ3) is 3.35. The molecule has 0 aromatic heterocycles. The lowest BCUT2D eigenvalue weighted by molar-refractivity contribution is 0.160. The van der Waals surface area contributed by atoms with E-state index in [0.29, 0.717) is 12.6 Å². The predicted molar refractivity (Wildman–Crippen MR) is 78.9 cm³/mol. The summed E-state index contributed by atoms with van der Waals surface area (Å²) >= 11 is 0. The zero-order valence-corrected chi connectivity index (χ0v) is 11.6. The van der Waals surface area contributed by atoms with Crippen LogP contribution >= 0.6 is 0 Å². The number of nitrogens with two attached hydrogens (primary N) is 1. The average molecular weight is 259 g/mol. The molecule has 1 saturated heterocycles. The third-order valence-corrected chi connectivity index (χ3v) is 4.45. The Balaban J connectivity index is 1.75. The van der Waals surface area contributed by atoms with E-state index < -0.39 is 0 Å². The van der Waals surface area contributed by atoms with Crippen molar-refractivity contribution in [1.29, 1.82) is 0 Å². The van der Waals surface area contributed by atoms with Crippen molar-refractivity contribution in [3.63, 3.8) is 0 Å². The molecular weight excluding hydrogens is 234 g/mol. The van der Waals surface area contributed by atoms with Gasteiger partial charge in [0.2, 0.25) is 0 Å². The van der Waals surface area contributed by atoms with Crippen LogP contribution in [0.5, 0.6) is 0 Å². The molecule has 19 heavy (non-hydrogen) atoms. The minimum Gasteiger partial charge on any atom is -0.326 e. The lowest BCUT2D eigenvalue weighted by Crippen LogP contribution is -2.45. The highest BCUT2D eigenvalue weighted by molar-refractivity contribution is 5.25. The molecule has 0 radical (unpaired) electrons. The molecule has 3 nitrogen and oxygen atoms in total. The van der Waals surface area contributed by atoms with Crippen LogP contribution in [0.4, 0.5) is 0 Å². The molecule has 0 spiro atoms. The normalized spacial score (nSPS) is 22.4. The molecule has 1 atom stereocenters. The van der Waals surface area contributed by atoms with Gasteiger partial charge in [-0.15, -0.1) is 0 Å². The monoisotopic (exact) mass is 259 g/mol. The summed E-state index contributed by atoms with van der Waals surface area (Å²) in [5.74, 6) is 0.967. The van der Waals surface area contributed by atoms with Gasteiger partial charge in [0.1, 0.15) is 0 Å². The standard InChI is InChI=1S/C16H25N3/c17-12-14-3-5-15(6-4-14)16(11-13-1-2-13)19-9-7-18-8-10-19/h3-6,13,16,18H,1-2,7-12,17H2. The van der Waals surface area contributed by atoms with Crippen molar-refractivity contribution in [3.05, 3.63) is 35.4 Å². The van der Waals surface area contributed by atoms with Gasteiger partial charge in [-0.05, 0) is 23.5 Å². The Labute approximate surface area is 116 Å². The first-order valence-electron chi connectivity index (χ1n) is 7.60. The molecule has 1 saturated carbocycles. The lowest BCUT2D eigenvalue weighted by Gasteiger charge is -2.35. The van der Waals surface area contributed by atoms with Gasteiger partial charge in [-0.2, -0.15) is 0 Å². The van der Waals surface area contributed by atoms with E-state index in [2.05, 4.69) is 34.5 Å². The minimum atomic E-state index is 0.612. The number of nitrogens with zero attached hydrogens (tertiary/aromatic N) is 1. The van der Waals surface area contributed by atoms with Crippen LogP contribution in [0.25, 0.3) is 0 Å². The SMILES string of the molecule is NCc1ccc(C(CC2CC2)N2CCNCC2)cc1. The van der Waals surface area contributed by atoms with Crippen LogP contribution in [0.3, 0.4) is 0 Å².